The van der Waals surface area contributed by atoms with Gasteiger partial charge in [-0.3, -0.25) is 9.78 Å². The molecule has 160 valence electrons. The molecule has 0 radical (unpaired) electrons. The Balaban J connectivity index is 1.25. The fraction of sp³-hybridized carbons (Fsp3) is 0.391. The molecule has 5 rings (SSSR count). The Bertz CT molecular complexity index is 1070. The van der Waals surface area contributed by atoms with Crippen LogP contribution in [0.3, 0.4) is 0 Å². The highest BCUT2D eigenvalue weighted by Crippen LogP contribution is 2.30. The van der Waals surface area contributed by atoms with E-state index in [1.54, 1.807) is 23.2 Å². The number of amides is 1. The van der Waals surface area contributed by atoms with Gasteiger partial charge in [-0.25, -0.2) is 4.39 Å². The Kier molecular flexibility index (Phi) is 5.46. The molecule has 0 N–H and O–H groups in total. The van der Waals surface area contributed by atoms with Crippen molar-refractivity contribution in [2.45, 2.75) is 31.1 Å². The fourth-order valence-corrected chi connectivity index (χ4v) is 4.24. The van der Waals surface area contributed by atoms with Crippen LogP contribution in [0.2, 0.25) is 0 Å². The van der Waals surface area contributed by atoms with E-state index in [2.05, 4.69) is 15.1 Å². The SMILES string of the molecule is O=C(c1ccccc1F)N1CCC(c2noc(-c3ccnc(C4CCOC4)c3)n2)CC1. The molecule has 8 heteroatoms. The van der Waals surface area contributed by atoms with Gasteiger partial charge in [0.05, 0.1) is 12.2 Å². The highest BCUT2D eigenvalue weighted by molar-refractivity contribution is 5.94. The highest BCUT2D eigenvalue weighted by atomic mass is 19.1. The first kappa shape index (κ1) is 19.8. The Morgan fingerprint density at radius 3 is 2.71 bits per heavy atom. The largest absolute Gasteiger partial charge is 0.381 e. The number of carbonyl (C=O) groups excluding carboxylic acids is 1. The van der Waals surface area contributed by atoms with Crippen LogP contribution in [0.25, 0.3) is 11.5 Å². The summed E-state index contributed by atoms with van der Waals surface area (Å²) in [7, 11) is 0. The molecule has 1 atom stereocenters. The zero-order valence-corrected chi connectivity index (χ0v) is 17.0. The molecule has 2 saturated heterocycles. The summed E-state index contributed by atoms with van der Waals surface area (Å²) in [6.07, 6.45) is 4.15. The monoisotopic (exact) mass is 422 g/mol. The molecule has 0 bridgehead atoms. The maximum absolute atomic E-state index is 13.9. The number of pyridine rings is 1. The second kappa shape index (κ2) is 8.55. The van der Waals surface area contributed by atoms with Crippen molar-refractivity contribution in [2.24, 2.45) is 0 Å². The smallest absolute Gasteiger partial charge is 0.258 e. The molecular formula is C23H23FN4O3. The Hall–Kier alpha value is -3.13. The zero-order valence-electron chi connectivity index (χ0n) is 17.0. The summed E-state index contributed by atoms with van der Waals surface area (Å²) < 4.78 is 24.9. The van der Waals surface area contributed by atoms with Crippen LogP contribution < -0.4 is 0 Å². The van der Waals surface area contributed by atoms with E-state index in [0.717, 1.165) is 24.3 Å². The number of rotatable bonds is 4. The van der Waals surface area contributed by atoms with Crippen LogP contribution in [-0.4, -0.2) is 52.2 Å². The minimum absolute atomic E-state index is 0.103. The molecule has 2 aliphatic rings. The standard InChI is InChI=1S/C23H23FN4O3/c24-19-4-2-1-3-18(19)23(29)28-10-6-15(7-11-28)21-26-22(31-27-21)16-5-9-25-20(13-16)17-8-12-30-14-17/h1-5,9,13,15,17H,6-8,10-12,14H2. The fourth-order valence-electron chi connectivity index (χ4n) is 4.24. The number of nitrogens with zero attached hydrogens (tertiary/aromatic N) is 4. The van der Waals surface area contributed by atoms with Crippen molar-refractivity contribution in [3.05, 3.63) is 65.5 Å². The van der Waals surface area contributed by atoms with Gasteiger partial charge in [0.2, 0.25) is 0 Å². The number of likely N-dealkylation sites (tertiary alicyclic amines) is 1. The molecule has 1 amide bonds. The molecule has 1 aromatic carbocycles. The van der Waals surface area contributed by atoms with E-state index in [4.69, 9.17) is 9.26 Å². The lowest BCUT2D eigenvalue weighted by Crippen LogP contribution is -2.38. The maximum atomic E-state index is 13.9. The number of benzene rings is 1. The molecule has 2 aliphatic heterocycles. The molecule has 4 heterocycles. The van der Waals surface area contributed by atoms with Crippen molar-refractivity contribution in [2.75, 3.05) is 26.3 Å². The normalized spacial score (nSPS) is 19.6. The van der Waals surface area contributed by atoms with Crippen LogP contribution in [0.15, 0.2) is 47.1 Å². The van der Waals surface area contributed by atoms with Crippen molar-refractivity contribution in [1.29, 1.82) is 0 Å². The number of hydrogen-bond donors (Lipinski definition) is 0. The second-order valence-electron chi connectivity index (χ2n) is 8.03. The lowest BCUT2D eigenvalue weighted by atomic mass is 9.95. The predicted octanol–water partition coefficient (Wildman–Crippen LogP) is 3.79. The Morgan fingerprint density at radius 2 is 1.94 bits per heavy atom. The van der Waals surface area contributed by atoms with Gasteiger partial charge in [0, 0.05) is 49.0 Å². The van der Waals surface area contributed by atoms with E-state index in [-0.39, 0.29) is 17.4 Å². The maximum Gasteiger partial charge on any atom is 0.258 e. The molecule has 31 heavy (non-hydrogen) atoms. The first-order chi connectivity index (χ1) is 15.2. The van der Waals surface area contributed by atoms with Gasteiger partial charge in [-0.1, -0.05) is 17.3 Å². The summed E-state index contributed by atoms with van der Waals surface area (Å²) in [5.74, 6) is 0.771. The lowest BCUT2D eigenvalue weighted by Gasteiger charge is -2.30. The van der Waals surface area contributed by atoms with E-state index in [0.29, 0.717) is 50.2 Å². The number of ether oxygens (including phenoxy) is 1. The van der Waals surface area contributed by atoms with Crippen LogP contribution in [-0.2, 0) is 4.74 Å². The number of carbonyl (C=O) groups is 1. The van der Waals surface area contributed by atoms with Crippen molar-refractivity contribution in [3.63, 3.8) is 0 Å². The van der Waals surface area contributed by atoms with E-state index in [9.17, 15) is 9.18 Å². The third kappa shape index (κ3) is 4.07. The number of halogens is 1. The summed E-state index contributed by atoms with van der Waals surface area (Å²) in [5, 5.41) is 4.19. The average Bonchev–Trinajstić information content (AvgIpc) is 3.52. The third-order valence-corrected chi connectivity index (χ3v) is 6.07. The van der Waals surface area contributed by atoms with Crippen LogP contribution in [0, 0.1) is 5.82 Å². The first-order valence-electron chi connectivity index (χ1n) is 10.6. The van der Waals surface area contributed by atoms with Crippen molar-refractivity contribution >= 4 is 5.91 Å². The topological polar surface area (TPSA) is 81.4 Å². The minimum Gasteiger partial charge on any atom is -0.381 e. The summed E-state index contributed by atoms with van der Waals surface area (Å²) >= 11 is 0. The van der Waals surface area contributed by atoms with E-state index < -0.39 is 5.82 Å². The van der Waals surface area contributed by atoms with E-state index in [1.165, 1.54) is 12.1 Å². The van der Waals surface area contributed by atoms with Crippen molar-refractivity contribution in [1.82, 2.24) is 20.0 Å². The molecule has 0 spiro atoms. The van der Waals surface area contributed by atoms with Gasteiger partial charge in [-0.05, 0) is 43.5 Å². The Labute approximate surface area is 179 Å². The van der Waals surface area contributed by atoms with Crippen molar-refractivity contribution in [3.8, 4) is 11.5 Å². The zero-order chi connectivity index (χ0) is 21.2. The number of hydrogen-bond acceptors (Lipinski definition) is 6. The lowest BCUT2D eigenvalue weighted by molar-refractivity contribution is 0.0706. The van der Waals surface area contributed by atoms with Gasteiger partial charge >= 0.3 is 0 Å². The molecule has 2 aromatic heterocycles. The average molecular weight is 422 g/mol. The summed E-state index contributed by atoms with van der Waals surface area (Å²) in [6.45, 7) is 2.51. The highest BCUT2D eigenvalue weighted by Gasteiger charge is 2.29. The number of aromatic nitrogens is 3. The first-order valence-corrected chi connectivity index (χ1v) is 10.6. The third-order valence-electron chi connectivity index (χ3n) is 6.07. The van der Waals surface area contributed by atoms with Crippen LogP contribution in [0.4, 0.5) is 4.39 Å². The summed E-state index contributed by atoms with van der Waals surface area (Å²) in [4.78, 5) is 23.4. The molecule has 0 saturated carbocycles. The van der Waals surface area contributed by atoms with Gasteiger partial charge in [-0.2, -0.15) is 4.98 Å². The van der Waals surface area contributed by atoms with E-state index >= 15 is 0 Å². The quantitative estimate of drug-likeness (QED) is 0.636. The second-order valence-corrected chi connectivity index (χ2v) is 8.03. The molecule has 0 aliphatic carbocycles. The summed E-state index contributed by atoms with van der Waals surface area (Å²) in [5.41, 5.74) is 1.95. The van der Waals surface area contributed by atoms with Crippen LogP contribution in [0.5, 0.6) is 0 Å². The van der Waals surface area contributed by atoms with Crippen LogP contribution in [0.1, 0.15) is 53.0 Å². The Morgan fingerprint density at radius 1 is 1.10 bits per heavy atom. The van der Waals surface area contributed by atoms with Gasteiger partial charge < -0.3 is 14.2 Å². The van der Waals surface area contributed by atoms with Gasteiger partial charge in [0.1, 0.15) is 5.82 Å². The molecule has 7 nitrogen and oxygen atoms in total. The summed E-state index contributed by atoms with van der Waals surface area (Å²) in [6, 6.07) is 9.95. The van der Waals surface area contributed by atoms with Crippen molar-refractivity contribution < 1.29 is 18.4 Å². The molecule has 3 aromatic rings. The van der Waals surface area contributed by atoms with Gasteiger partial charge in [0.25, 0.3) is 11.8 Å². The van der Waals surface area contributed by atoms with Gasteiger partial charge in [0.15, 0.2) is 5.82 Å². The predicted molar refractivity (Wildman–Crippen MR) is 110 cm³/mol. The molecule has 1 unspecified atom stereocenters. The minimum atomic E-state index is -0.488. The number of piperidine rings is 1. The van der Waals surface area contributed by atoms with Gasteiger partial charge in [-0.15, -0.1) is 0 Å². The van der Waals surface area contributed by atoms with Crippen LogP contribution >= 0.6 is 0 Å². The molecule has 2 fully saturated rings. The molecular weight excluding hydrogens is 399 g/mol. The van der Waals surface area contributed by atoms with E-state index in [1.807, 2.05) is 12.1 Å².